The van der Waals surface area contributed by atoms with Gasteiger partial charge in [0.05, 0.1) is 12.1 Å². The van der Waals surface area contributed by atoms with Crippen LogP contribution in [-0.2, 0) is 0 Å². The molecule has 2 aliphatic rings. The molecule has 2 atom stereocenters. The van der Waals surface area contributed by atoms with E-state index in [0.29, 0.717) is 5.92 Å². The molecular formula is C8H15N3. The third-order valence-corrected chi connectivity index (χ3v) is 3.01. The molecule has 0 amide bonds. The van der Waals surface area contributed by atoms with Crippen molar-refractivity contribution in [3.63, 3.8) is 0 Å². The lowest BCUT2D eigenvalue weighted by Gasteiger charge is -2.37. The zero-order chi connectivity index (χ0) is 7.90. The fraction of sp³-hybridized carbons (Fsp3) is 1.00. The molecule has 11 heavy (non-hydrogen) atoms. The number of hydrogen-bond acceptors (Lipinski definition) is 3. The highest BCUT2D eigenvalue weighted by Gasteiger charge is 2.41. The maximum atomic E-state index is 4.32. The average molecular weight is 153 g/mol. The van der Waals surface area contributed by atoms with Crippen molar-refractivity contribution < 1.29 is 0 Å². The summed E-state index contributed by atoms with van der Waals surface area (Å²) in [5.74, 6) is 0.682. The van der Waals surface area contributed by atoms with Gasteiger partial charge in [0.1, 0.15) is 0 Å². The summed E-state index contributed by atoms with van der Waals surface area (Å²) in [6.07, 6.45) is 1.18. The van der Waals surface area contributed by atoms with Crippen molar-refractivity contribution in [2.24, 2.45) is 16.1 Å². The highest BCUT2D eigenvalue weighted by Crippen LogP contribution is 2.35. The first-order chi connectivity index (χ1) is 5.21. The summed E-state index contributed by atoms with van der Waals surface area (Å²) < 4.78 is 0. The third kappa shape index (κ3) is 1.07. The van der Waals surface area contributed by atoms with Crippen LogP contribution >= 0.6 is 0 Å². The van der Waals surface area contributed by atoms with Gasteiger partial charge in [-0.05, 0) is 20.4 Å². The topological polar surface area (TPSA) is 28.0 Å². The number of azo groups is 1. The molecule has 0 aromatic heterocycles. The second kappa shape index (κ2) is 2.27. The van der Waals surface area contributed by atoms with Gasteiger partial charge in [0.15, 0.2) is 0 Å². The van der Waals surface area contributed by atoms with E-state index in [2.05, 4.69) is 29.1 Å². The molecule has 0 bridgehead atoms. The molecule has 3 nitrogen and oxygen atoms in total. The largest absolute Gasteiger partial charge is 0.306 e. The lowest BCUT2D eigenvalue weighted by Crippen LogP contribution is -2.46. The zero-order valence-electron chi connectivity index (χ0n) is 7.25. The van der Waals surface area contributed by atoms with Crippen LogP contribution in [0, 0.1) is 5.92 Å². The van der Waals surface area contributed by atoms with Crippen LogP contribution in [0.2, 0.25) is 0 Å². The summed E-state index contributed by atoms with van der Waals surface area (Å²) in [5, 5.41) is 8.45. The summed E-state index contributed by atoms with van der Waals surface area (Å²) in [4.78, 5) is 2.38. The minimum atomic E-state index is 0.187. The highest BCUT2D eigenvalue weighted by atomic mass is 15.2. The van der Waals surface area contributed by atoms with Gasteiger partial charge in [-0.15, -0.1) is 0 Å². The first-order valence-corrected chi connectivity index (χ1v) is 4.28. The number of piperidine rings is 1. The number of likely N-dealkylation sites (tertiary alicyclic amines) is 1. The van der Waals surface area contributed by atoms with Gasteiger partial charge in [0.25, 0.3) is 0 Å². The summed E-state index contributed by atoms with van der Waals surface area (Å²) >= 11 is 0. The van der Waals surface area contributed by atoms with Gasteiger partial charge in [-0.3, -0.25) is 0 Å². The zero-order valence-corrected chi connectivity index (χ0v) is 7.25. The first kappa shape index (κ1) is 7.22. The van der Waals surface area contributed by atoms with Crippen molar-refractivity contribution in [2.75, 3.05) is 26.7 Å². The molecule has 1 fully saturated rings. The van der Waals surface area contributed by atoms with Crippen molar-refractivity contribution in [1.29, 1.82) is 0 Å². The SMILES string of the molecule is CN1CCC2(C)N=NCC2C1. The van der Waals surface area contributed by atoms with Gasteiger partial charge in [0, 0.05) is 19.0 Å². The number of hydrogen-bond donors (Lipinski definition) is 0. The lowest BCUT2D eigenvalue weighted by atomic mass is 9.81. The molecule has 3 heteroatoms. The maximum Gasteiger partial charge on any atom is 0.0858 e. The Bertz CT molecular complexity index is 190. The minimum Gasteiger partial charge on any atom is -0.306 e. The van der Waals surface area contributed by atoms with Gasteiger partial charge in [-0.25, -0.2) is 0 Å². The molecule has 0 aliphatic carbocycles. The van der Waals surface area contributed by atoms with Crippen LogP contribution in [0.5, 0.6) is 0 Å². The Morgan fingerprint density at radius 2 is 2.36 bits per heavy atom. The van der Waals surface area contributed by atoms with Crippen molar-refractivity contribution in [1.82, 2.24) is 4.90 Å². The van der Waals surface area contributed by atoms with Crippen LogP contribution in [0.25, 0.3) is 0 Å². The van der Waals surface area contributed by atoms with Gasteiger partial charge >= 0.3 is 0 Å². The Hall–Kier alpha value is -0.440. The fourth-order valence-corrected chi connectivity index (χ4v) is 1.97. The molecular weight excluding hydrogens is 138 g/mol. The van der Waals surface area contributed by atoms with E-state index < -0.39 is 0 Å². The summed E-state index contributed by atoms with van der Waals surface area (Å²) in [7, 11) is 2.18. The molecule has 0 N–H and O–H groups in total. The Morgan fingerprint density at radius 1 is 1.55 bits per heavy atom. The van der Waals surface area contributed by atoms with Crippen molar-refractivity contribution in [2.45, 2.75) is 18.9 Å². The Kier molecular flexibility index (Phi) is 1.49. The second-order valence-corrected chi connectivity index (χ2v) is 3.99. The molecule has 0 saturated carbocycles. The van der Waals surface area contributed by atoms with Crippen LogP contribution in [0.1, 0.15) is 13.3 Å². The quantitative estimate of drug-likeness (QED) is 0.513. The second-order valence-electron chi connectivity index (χ2n) is 3.99. The van der Waals surface area contributed by atoms with E-state index in [1.165, 1.54) is 19.5 Å². The molecule has 0 spiro atoms. The molecule has 0 aromatic carbocycles. The summed E-state index contributed by atoms with van der Waals surface area (Å²) in [6, 6.07) is 0. The van der Waals surface area contributed by atoms with Crippen molar-refractivity contribution in [3.05, 3.63) is 0 Å². The van der Waals surface area contributed by atoms with Gasteiger partial charge in [-0.2, -0.15) is 10.2 Å². The minimum absolute atomic E-state index is 0.187. The van der Waals surface area contributed by atoms with Crippen molar-refractivity contribution >= 4 is 0 Å². The summed E-state index contributed by atoms with van der Waals surface area (Å²) in [5.41, 5.74) is 0.187. The van der Waals surface area contributed by atoms with Gasteiger partial charge in [-0.1, -0.05) is 0 Å². The molecule has 2 unspecified atom stereocenters. The van der Waals surface area contributed by atoms with Crippen LogP contribution in [0.4, 0.5) is 0 Å². The van der Waals surface area contributed by atoms with E-state index in [0.717, 1.165) is 6.54 Å². The van der Waals surface area contributed by atoms with Gasteiger partial charge in [0.2, 0.25) is 0 Å². The number of nitrogens with zero attached hydrogens (tertiary/aromatic N) is 3. The van der Waals surface area contributed by atoms with Crippen LogP contribution < -0.4 is 0 Å². The molecule has 62 valence electrons. The number of fused-ring (bicyclic) bond motifs is 1. The van der Waals surface area contributed by atoms with E-state index in [9.17, 15) is 0 Å². The van der Waals surface area contributed by atoms with E-state index in [-0.39, 0.29) is 5.54 Å². The smallest absolute Gasteiger partial charge is 0.0858 e. The average Bonchev–Trinajstić information content (AvgIpc) is 2.31. The van der Waals surface area contributed by atoms with Crippen LogP contribution in [0.3, 0.4) is 0 Å². The van der Waals surface area contributed by atoms with E-state index in [4.69, 9.17) is 0 Å². The van der Waals surface area contributed by atoms with Crippen molar-refractivity contribution in [3.8, 4) is 0 Å². The fourth-order valence-electron chi connectivity index (χ4n) is 1.97. The third-order valence-electron chi connectivity index (χ3n) is 3.01. The maximum absolute atomic E-state index is 4.32. The molecule has 2 aliphatic heterocycles. The van der Waals surface area contributed by atoms with E-state index in [1.54, 1.807) is 0 Å². The predicted octanol–water partition coefficient (Wildman–Crippen LogP) is 1.16. The normalized spacial score (nSPS) is 44.4. The Morgan fingerprint density at radius 3 is 3.18 bits per heavy atom. The summed E-state index contributed by atoms with van der Waals surface area (Å²) in [6.45, 7) is 5.53. The molecule has 1 saturated heterocycles. The molecule has 2 heterocycles. The molecule has 2 rings (SSSR count). The lowest BCUT2D eigenvalue weighted by molar-refractivity contribution is 0.150. The molecule has 0 radical (unpaired) electrons. The van der Waals surface area contributed by atoms with Gasteiger partial charge < -0.3 is 4.90 Å². The van der Waals surface area contributed by atoms with E-state index in [1.807, 2.05) is 0 Å². The first-order valence-electron chi connectivity index (χ1n) is 4.28. The van der Waals surface area contributed by atoms with Crippen LogP contribution in [0.15, 0.2) is 10.2 Å². The monoisotopic (exact) mass is 153 g/mol. The predicted molar refractivity (Wildman–Crippen MR) is 43.7 cm³/mol. The van der Waals surface area contributed by atoms with Crippen LogP contribution in [-0.4, -0.2) is 37.1 Å². The Balaban J connectivity index is 2.13. The standard InChI is InChI=1S/C8H15N3/c1-8-3-4-11(2)6-7(8)5-9-10-8/h7H,3-6H2,1-2H3. The Labute approximate surface area is 67.5 Å². The molecule has 0 aromatic rings. The van der Waals surface area contributed by atoms with E-state index >= 15 is 0 Å². The highest BCUT2D eigenvalue weighted by molar-refractivity contribution is 4.98. The number of rotatable bonds is 0.